The molecule has 0 amide bonds. The van der Waals surface area contributed by atoms with Crippen LogP contribution in [0.1, 0.15) is 36.9 Å². The summed E-state index contributed by atoms with van der Waals surface area (Å²) in [6.45, 7) is 4.91. The highest BCUT2D eigenvalue weighted by Crippen LogP contribution is 2.38. The fourth-order valence-electron chi connectivity index (χ4n) is 2.74. The molecule has 2 rings (SSSR count). The van der Waals surface area contributed by atoms with Crippen LogP contribution in [-0.2, 0) is 4.74 Å². The zero-order chi connectivity index (χ0) is 12.5. The Bertz CT molecular complexity index is 399. The Morgan fingerprint density at radius 3 is 2.82 bits per heavy atom. The van der Waals surface area contributed by atoms with Crippen LogP contribution >= 0.6 is 0 Å². The molecule has 0 saturated carbocycles. The lowest BCUT2D eigenvalue weighted by Gasteiger charge is -2.34. The van der Waals surface area contributed by atoms with Crippen molar-refractivity contribution in [3.05, 3.63) is 35.1 Å². The Morgan fingerprint density at radius 1 is 1.47 bits per heavy atom. The van der Waals surface area contributed by atoms with E-state index < -0.39 is 0 Å². The molecule has 1 N–H and O–H groups in total. The van der Waals surface area contributed by atoms with Crippen LogP contribution in [0.4, 0.5) is 4.39 Å². The number of ether oxygens (including phenoxy) is 1. The maximum absolute atomic E-state index is 13.4. The van der Waals surface area contributed by atoms with Crippen LogP contribution in [0.25, 0.3) is 0 Å². The molecule has 0 radical (unpaired) electrons. The first-order valence-electron chi connectivity index (χ1n) is 6.14. The summed E-state index contributed by atoms with van der Waals surface area (Å²) in [7, 11) is 1.90. The summed E-state index contributed by atoms with van der Waals surface area (Å²) in [5.41, 5.74) is 1.87. The number of likely N-dealkylation sites (N-methyl/N-ethyl adjacent to an activating group) is 1. The summed E-state index contributed by atoms with van der Waals surface area (Å²) >= 11 is 0. The molecule has 0 spiro atoms. The number of nitrogens with one attached hydrogen (secondary N) is 1. The first-order chi connectivity index (χ1) is 8.07. The van der Waals surface area contributed by atoms with Gasteiger partial charge in [0.05, 0.1) is 11.6 Å². The van der Waals surface area contributed by atoms with Crippen molar-refractivity contribution in [1.82, 2.24) is 5.32 Å². The van der Waals surface area contributed by atoms with Crippen molar-refractivity contribution in [2.45, 2.75) is 38.3 Å². The van der Waals surface area contributed by atoms with Gasteiger partial charge in [-0.25, -0.2) is 4.39 Å². The minimum atomic E-state index is -0.229. The third-order valence-electron chi connectivity index (χ3n) is 3.70. The third-order valence-corrected chi connectivity index (χ3v) is 3.70. The largest absolute Gasteiger partial charge is 0.373 e. The molecule has 94 valence electrons. The van der Waals surface area contributed by atoms with E-state index in [0.29, 0.717) is 0 Å². The van der Waals surface area contributed by atoms with Gasteiger partial charge in [0, 0.05) is 6.61 Å². The Balaban J connectivity index is 2.37. The van der Waals surface area contributed by atoms with E-state index in [1.54, 1.807) is 6.07 Å². The van der Waals surface area contributed by atoms with E-state index in [1.807, 2.05) is 20.0 Å². The molecule has 0 bridgehead atoms. The van der Waals surface area contributed by atoms with Crippen LogP contribution in [-0.4, -0.2) is 19.3 Å². The Labute approximate surface area is 102 Å². The maximum atomic E-state index is 13.4. The molecule has 2 unspecified atom stereocenters. The van der Waals surface area contributed by atoms with Crippen molar-refractivity contribution in [2.24, 2.45) is 0 Å². The Hall–Kier alpha value is -0.930. The lowest BCUT2D eigenvalue weighted by atomic mass is 9.86. The molecule has 1 fully saturated rings. The standard InChI is InChI=1S/C14H20FNO/c1-10-5-6-11(15)9-12(10)13(16-3)14(2)7-4-8-17-14/h5-6,9,13,16H,4,7-8H2,1-3H3. The molecule has 0 aliphatic carbocycles. The summed E-state index contributed by atoms with van der Waals surface area (Å²) in [6, 6.07) is 4.99. The third kappa shape index (κ3) is 2.35. The van der Waals surface area contributed by atoms with Crippen molar-refractivity contribution in [2.75, 3.05) is 13.7 Å². The van der Waals surface area contributed by atoms with Gasteiger partial charge in [0.2, 0.25) is 0 Å². The first kappa shape index (κ1) is 12.5. The lowest BCUT2D eigenvalue weighted by Crippen LogP contribution is -2.40. The highest BCUT2D eigenvalue weighted by atomic mass is 19.1. The number of hydrogen-bond acceptors (Lipinski definition) is 2. The topological polar surface area (TPSA) is 21.3 Å². The van der Waals surface area contributed by atoms with Crippen LogP contribution in [0.15, 0.2) is 18.2 Å². The quantitative estimate of drug-likeness (QED) is 0.872. The molecule has 1 saturated heterocycles. The highest BCUT2D eigenvalue weighted by molar-refractivity contribution is 5.31. The van der Waals surface area contributed by atoms with E-state index in [9.17, 15) is 4.39 Å². The molecule has 1 heterocycles. The average molecular weight is 237 g/mol. The second-order valence-corrected chi connectivity index (χ2v) is 4.99. The summed E-state index contributed by atoms with van der Waals surface area (Å²) in [5.74, 6) is -0.188. The minimum absolute atomic E-state index is 0.0423. The summed E-state index contributed by atoms with van der Waals surface area (Å²) in [4.78, 5) is 0. The number of rotatable bonds is 3. The minimum Gasteiger partial charge on any atom is -0.373 e. The molecular weight excluding hydrogens is 217 g/mol. The fraction of sp³-hybridized carbons (Fsp3) is 0.571. The summed E-state index contributed by atoms with van der Waals surface area (Å²) < 4.78 is 19.2. The molecule has 1 aromatic rings. The molecule has 1 aliphatic rings. The van der Waals surface area contributed by atoms with Gasteiger partial charge in [-0.3, -0.25) is 0 Å². The van der Waals surface area contributed by atoms with E-state index in [4.69, 9.17) is 4.74 Å². The van der Waals surface area contributed by atoms with Gasteiger partial charge < -0.3 is 10.1 Å². The van der Waals surface area contributed by atoms with Crippen LogP contribution in [0.5, 0.6) is 0 Å². The molecule has 2 atom stereocenters. The molecule has 17 heavy (non-hydrogen) atoms. The highest BCUT2D eigenvalue weighted by Gasteiger charge is 2.39. The second-order valence-electron chi connectivity index (χ2n) is 4.99. The maximum Gasteiger partial charge on any atom is 0.123 e. The number of benzene rings is 1. The molecule has 1 aromatic carbocycles. The van der Waals surface area contributed by atoms with Crippen molar-refractivity contribution in [3.63, 3.8) is 0 Å². The fourth-order valence-corrected chi connectivity index (χ4v) is 2.74. The van der Waals surface area contributed by atoms with Crippen LogP contribution in [0.3, 0.4) is 0 Å². The van der Waals surface area contributed by atoms with Gasteiger partial charge >= 0.3 is 0 Å². The monoisotopic (exact) mass is 237 g/mol. The molecule has 3 heteroatoms. The normalized spacial score (nSPS) is 26.1. The van der Waals surface area contributed by atoms with Gasteiger partial charge in [-0.1, -0.05) is 6.07 Å². The SMILES string of the molecule is CNC(c1cc(F)ccc1C)C1(C)CCCO1. The second kappa shape index (κ2) is 4.75. The van der Waals surface area contributed by atoms with E-state index in [-0.39, 0.29) is 17.5 Å². The molecular formula is C14H20FNO. The van der Waals surface area contributed by atoms with Crippen molar-refractivity contribution in [1.29, 1.82) is 0 Å². The number of aryl methyl sites for hydroxylation is 1. The van der Waals surface area contributed by atoms with E-state index >= 15 is 0 Å². The summed E-state index contributed by atoms with van der Waals surface area (Å²) in [5, 5.41) is 3.28. The zero-order valence-corrected chi connectivity index (χ0v) is 10.7. The first-order valence-corrected chi connectivity index (χ1v) is 6.14. The van der Waals surface area contributed by atoms with Gasteiger partial charge in [-0.2, -0.15) is 0 Å². The molecule has 1 aliphatic heterocycles. The zero-order valence-electron chi connectivity index (χ0n) is 10.7. The van der Waals surface area contributed by atoms with Gasteiger partial charge in [-0.15, -0.1) is 0 Å². The smallest absolute Gasteiger partial charge is 0.123 e. The predicted molar refractivity (Wildman–Crippen MR) is 66.5 cm³/mol. The molecule has 0 aromatic heterocycles. The van der Waals surface area contributed by atoms with E-state index in [2.05, 4.69) is 12.2 Å². The summed E-state index contributed by atoms with van der Waals surface area (Å²) in [6.07, 6.45) is 2.08. The van der Waals surface area contributed by atoms with Crippen LogP contribution in [0.2, 0.25) is 0 Å². The van der Waals surface area contributed by atoms with Gasteiger partial charge in [0.15, 0.2) is 0 Å². The van der Waals surface area contributed by atoms with E-state index in [1.165, 1.54) is 6.07 Å². The average Bonchev–Trinajstić information content (AvgIpc) is 2.72. The van der Waals surface area contributed by atoms with Crippen LogP contribution in [0, 0.1) is 12.7 Å². The van der Waals surface area contributed by atoms with Crippen molar-refractivity contribution >= 4 is 0 Å². The Kier molecular flexibility index (Phi) is 3.50. The van der Waals surface area contributed by atoms with E-state index in [0.717, 1.165) is 30.6 Å². The van der Waals surface area contributed by atoms with Crippen LogP contribution < -0.4 is 5.32 Å². The van der Waals surface area contributed by atoms with Crippen molar-refractivity contribution < 1.29 is 9.13 Å². The molecule has 2 nitrogen and oxygen atoms in total. The van der Waals surface area contributed by atoms with Crippen molar-refractivity contribution in [3.8, 4) is 0 Å². The van der Waals surface area contributed by atoms with Gasteiger partial charge in [0.25, 0.3) is 0 Å². The predicted octanol–water partition coefficient (Wildman–Crippen LogP) is 2.96. The lowest BCUT2D eigenvalue weighted by molar-refractivity contribution is -0.0107. The number of hydrogen-bond donors (Lipinski definition) is 1. The van der Waals surface area contributed by atoms with Gasteiger partial charge in [-0.05, 0) is 57.0 Å². The van der Waals surface area contributed by atoms with Gasteiger partial charge in [0.1, 0.15) is 5.82 Å². The number of halogens is 1. The Morgan fingerprint density at radius 2 is 2.24 bits per heavy atom.